The molecule has 4 aromatic rings. The zero-order valence-corrected chi connectivity index (χ0v) is 23.5. The second-order valence-corrected chi connectivity index (χ2v) is 10.7. The van der Waals surface area contributed by atoms with Gasteiger partial charge in [0.2, 0.25) is 0 Å². The molecule has 2 aliphatic heterocycles. The molecule has 1 saturated heterocycles. The highest BCUT2D eigenvalue weighted by Gasteiger charge is 2.24. The molecule has 3 aromatic carbocycles. The third kappa shape index (κ3) is 6.44. The van der Waals surface area contributed by atoms with Crippen LogP contribution in [0.4, 0.5) is 14.5 Å². The predicted octanol–water partition coefficient (Wildman–Crippen LogP) is 8.35. The third-order valence-electron chi connectivity index (χ3n) is 7.84. The first-order valence-electron chi connectivity index (χ1n) is 14.1. The van der Waals surface area contributed by atoms with E-state index < -0.39 is 11.6 Å². The van der Waals surface area contributed by atoms with Gasteiger partial charge in [0.1, 0.15) is 17.5 Å². The Labute approximate surface area is 235 Å². The van der Waals surface area contributed by atoms with Crippen LogP contribution in [-0.2, 0) is 0 Å². The number of halogens is 2. The van der Waals surface area contributed by atoms with Gasteiger partial charge >= 0.3 is 0 Å². The number of hydrogen-bond donors (Lipinski definition) is 0. The van der Waals surface area contributed by atoms with E-state index >= 15 is 0 Å². The largest absolute Gasteiger partial charge is 0.372 e. The summed E-state index contributed by atoms with van der Waals surface area (Å²) in [4.78, 5) is 15.5. The highest BCUT2D eigenvalue weighted by Crippen LogP contribution is 2.33. The molecule has 0 aliphatic carbocycles. The summed E-state index contributed by atoms with van der Waals surface area (Å²) in [5, 5.41) is 0. The van der Waals surface area contributed by atoms with Gasteiger partial charge in [0, 0.05) is 42.4 Å². The van der Waals surface area contributed by atoms with Gasteiger partial charge in [0.15, 0.2) is 0 Å². The lowest BCUT2D eigenvalue weighted by Gasteiger charge is -2.29. The van der Waals surface area contributed by atoms with Crippen LogP contribution >= 0.6 is 0 Å². The second-order valence-electron chi connectivity index (χ2n) is 10.7. The Hall–Kier alpha value is -3.93. The van der Waals surface area contributed by atoms with E-state index in [0.29, 0.717) is 12.1 Å². The Morgan fingerprint density at radius 3 is 2.08 bits per heavy atom. The van der Waals surface area contributed by atoms with Crippen LogP contribution in [0.1, 0.15) is 66.2 Å². The number of rotatable bonds is 4. The van der Waals surface area contributed by atoms with Gasteiger partial charge in [-0.05, 0) is 99.4 Å². The van der Waals surface area contributed by atoms with Crippen LogP contribution in [-0.4, -0.2) is 28.8 Å². The van der Waals surface area contributed by atoms with E-state index in [0.717, 1.165) is 28.9 Å². The number of aliphatic imine (C=N–C) groups is 1. The predicted molar refractivity (Wildman–Crippen MR) is 159 cm³/mol. The van der Waals surface area contributed by atoms with Crippen molar-refractivity contribution < 1.29 is 8.78 Å². The summed E-state index contributed by atoms with van der Waals surface area (Å²) in [6, 6.07) is 18.7. The highest BCUT2D eigenvalue weighted by atomic mass is 19.1. The first-order valence-corrected chi connectivity index (χ1v) is 14.1. The molecule has 0 spiro atoms. The number of benzene rings is 3. The van der Waals surface area contributed by atoms with E-state index in [2.05, 4.69) is 51.9 Å². The van der Waals surface area contributed by atoms with Crippen molar-refractivity contribution in [2.75, 3.05) is 18.0 Å². The highest BCUT2D eigenvalue weighted by molar-refractivity contribution is 6.02. The van der Waals surface area contributed by atoms with E-state index in [9.17, 15) is 8.78 Å². The minimum absolute atomic E-state index is 0.00317. The second kappa shape index (κ2) is 12.5. The number of aryl methyl sites for hydroxylation is 3. The summed E-state index contributed by atoms with van der Waals surface area (Å²) in [5.74, 6) is -0.378. The van der Waals surface area contributed by atoms with E-state index in [1.807, 2.05) is 31.2 Å². The molecule has 4 nitrogen and oxygen atoms in total. The fraction of sp³-hybridized carbons (Fsp3) is 0.324. The Balaban J connectivity index is 0.000000194. The molecule has 1 aromatic heterocycles. The summed E-state index contributed by atoms with van der Waals surface area (Å²) in [6.45, 7) is 8.70. The molecule has 0 saturated carbocycles. The van der Waals surface area contributed by atoms with Crippen molar-refractivity contribution in [2.45, 2.75) is 58.9 Å². The molecule has 40 heavy (non-hydrogen) atoms. The summed E-state index contributed by atoms with van der Waals surface area (Å²) in [6.07, 6.45) is 9.02. The van der Waals surface area contributed by atoms with Gasteiger partial charge in [0.25, 0.3) is 0 Å². The molecular formula is C34H36F2N4. The SMILES string of the molecule is Cc1ccc(N2CCCCC2)cc1C.Cc1ncc(-c2ccc(C3CCC(c4c(F)cccc4F)=N3)cc2)cn1. The molecule has 6 rings (SSSR count). The average molecular weight is 539 g/mol. The quantitative estimate of drug-likeness (QED) is 0.262. The van der Waals surface area contributed by atoms with Gasteiger partial charge < -0.3 is 4.90 Å². The van der Waals surface area contributed by atoms with Gasteiger partial charge in [0.05, 0.1) is 11.6 Å². The van der Waals surface area contributed by atoms with Crippen molar-refractivity contribution in [3.63, 3.8) is 0 Å². The molecule has 3 heterocycles. The Morgan fingerprint density at radius 2 is 1.43 bits per heavy atom. The van der Waals surface area contributed by atoms with Gasteiger partial charge in [-0.1, -0.05) is 36.4 Å². The minimum atomic E-state index is -0.556. The summed E-state index contributed by atoms with van der Waals surface area (Å²) in [7, 11) is 0. The maximum atomic E-state index is 14.0. The lowest BCUT2D eigenvalue weighted by Crippen LogP contribution is -2.29. The van der Waals surface area contributed by atoms with Crippen molar-refractivity contribution in [1.29, 1.82) is 0 Å². The van der Waals surface area contributed by atoms with Crippen molar-refractivity contribution >= 4 is 11.4 Å². The van der Waals surface area contributed by atoms with E-state index in [4.69, 9.17) is 0 Å². The fourth-order valence-electron chi connectivity index (χ4n) is 5.31. The monoisotopic (exact) mass is 538 g/mol. The van der Waals surface area contributed by atoms with Gasteiger partial charge in [-0.25, -0.2) is 18.7 Å². The molecular weight excluding hydrogens is 502 g/mol. The van der Waals surface area contributed by atoms with Crippen LogP contribution in [0.3, 0.4) is 0 Å². The van der Waals surface area contributed by atoms with Gasteiger partial charge in [-0.2, -0.15) is 0 Å². The number of nitrogens with zero attached hydrogens (tertiary/aromatic N) is 4. The molecule has 0 bridgehead atoms. The zero-order valence-electron chi connectivity index (χ0n) is 23.5. The average Bonchev–Trinajstić information content (AvgIpc) is 3.46. The molecule has 206 valence electrons. The van der Waals surface area contributed by atoms with Crippen LogP contribution in [0.5, 0.6) is 0 Å². The third-order valence-corrected chi connectivity index (χ3v) is 7.84. The number of hydrogen-bond acceptors (Lipinski definition) is 4. The maximum Gasteiger partial charge on any atom is 0.135 e. The van der Waals surface area contributed by atoms with Crippen LogP contribution in [0.15, 0.2) is 78.0 Å². The van der Waals surface area contributed by atoms with Crippen LogP contribution in [0.25, 0.3) is 11.1 Å². The minimum Gasteiger partial charge on any atom is -0.372 e. The smallest absolute Gasteiger partial charge is 0.135 e. The normalized spacial score (nSPS) is 16.8. The number of aromatic nitrogens is 2. The molecule has 1 unspecified atom stereocenters. The summed E-state index contributed by atoms with van der Waals surface area (Å²) >= 11 is 0. The van der Waals surface area contributed by atoms with E-state index in [1.54, 1.807) is 12.4 Å². The molecule has 0 radical (unpaired) electrons. The first kappa shape index (κ1) is 27.6. The van der Waals surface area contributed by atoms with Crippen LogP contribution in [0, 0.1) is 32.4 Å². The van der Waals surface area contributed by atoms with E-state index in [-0.39, 0.29) is 11.6 Å². The first-order chi connectivity index (χ1) is 19.4. The van der Waals surface area contributed by atoms with Gasteiger partial charge in [-0.15, -0.1) is 0 Å². The maximum absolute atomic E-state index is 14.0. The summed E-state index contributed by atoms with van der Waals surface area (Å²) < 4.78 is 27.9. The van der Waals surface area contributed by atoms with Crippen molar-refractivity contribution in [3.8, 4) is 11.1 Å². The van der Waals surface area contributed by atoms with Crippen molar-refractivity contribution in [3.05, 3.63) is 113 Å². The molecule has 0 amide bonds. The van der Waals surface area contributed by atoms with Gasteiger partial charge in [-0.3, -0.25) is 4.99 Å². The lowest BCUT2D eigenvalue weighted by molar-refractivity contribution is 0.578. The van der Waals surface area contributed by atoms with Crippen molar-refractivity contribution in [1.82, 2.24) is 9.97 Å². The van der Waals surface area contributed by atoms with E-state index in [1.165, 1.54) is 67.4 Å². The van der Waals surface area contributed by atoms with Crippen LogP contribution < -0.4 is 4.90 Å². The number of piperidine rings is 1. The van der Waals surface area contributed by atoms with Crippen molar-refractivity contribution in [2.24, 2.45) is 4.99 Å². The molecule has 1 atom stereocenters. The molecule has 0 N–H and O–H groups in total. The molecule has 6 heteroatoms. The fourth-order valence-corrected chi connectivity index (χ4v) is 5.31. The zero-order chi connectivity index (χ0) is 28.1. The molecule has 1 fully saturated rings. The topological polar surface area (TPSA) is 41.4 Å². The standard InChI is InChI=1S/C21H17F2N3.C13H19N/c1-13-24-11-16(12-25-13)14-5-7-15(8-6-14)19-9-10-20(26-19)21-17(22)3-2-4-18(21)23;1-11-6-7-13(10-12(11)2)14-8-4-3-5-9-14/h2-8,11-12,19H,9-10H2,1H3;6-7,10H,3-5,8-9H2,1-2H3. The molecule has 2 aliphatic rings. The summed E-state index contributed by atoms with van der Waals surface area (Å²) in [5.41, 5.74) is 7.73. The number of anilines is 1. The Kier molecular flexibility index (Phi) is 8.63. The Bertz CT molecular complexity index is 1450. The lowest BCUT2D eigenvalue weighted by atomic mass is 10.0. The Morgan fingerprint density at radius 1 is 0.750 bits per heavy atom. The van der Waals surface area contributed by atoms with Crippen LogP contribution in [0.2, 0.25) is 0 Å².